The summed E-state index contributed by atoms with van der Waals surface area (Å²) in [5.74, 6) is 0.0175. The zero-order chi connectivity index (χ0) is 19.0. The van der Waals surface area contributed by atoms with Gasteiger partial charge in [0.05, 0.1) is 11.4 Å². The molecule has 3 heterocycles. The average molecular weight is 363 g/mol. The summed E-state index contributed by atoms with van der Waals surface area (Å²) in [4.78, 5) is 26.3. The Balaban J connectivity index is 1.54. The molecule has 27 heavy (non-hydrogen) atoms. The monoisotopic (exact) mass is 363 g/mol. The SMILES string of the molecule is CCc1n[nH]c2c1CN(C(=O)c1ccc(-c3ccc(=O)n(C)n3)cc1)CC2. The molecular weight excluding hydrogens is 342 g/mol. The van der Waals surface area contributed by atoms with E-state index in [2.05, 4.69) is 22.2 Å². The lowest BCUT2D eigenvalue weighted by atomic mass is 10.0. The first-order chi connectivity index (χ1) is 13.1. The average Bonchev–Trinajstić information content (AvgIpc) is 3.12. The van der Waals surface area contributed by atoms with Crippen LogP contribution in [-0.2, 0) is 26.4 Å². The van der Waals surface area contributed by atoms with Gasteiger partial charge in [-0.25, -0.2) is 4.68 Å². The molecule has 0 atom stereocenters. The van der Waals surface area contributed by atoms with Gasteiger partial charge in [-0.2, -0.15) is 10.2 Å². The fourth-order valence-corrected chi connectivity index (χ4v) is 3.44. The third-order valence-electron chi connectivity index (χ3n) is 5.03. The summed E-state index contributed by atoms with van der Waals surface area (Å²) >= 11 is 0. The number of amides is 1. The quantitative estimate of drug-likeness (QED) is 0.771. The van der Waals surface area contributed by atoms with Crippen molar-refractivity contribution in [1.82, 2.24) is 24.9 Å². The lowest BCUT2D eigenvalue weighted by molar-refractivity contribution is 0.0734. The van der Waals surface area contributed by atoms with Gasteiger partial charge in [-0.3, -0.25) is 14.7 Å². The van der Waals surface area contributed by atoms with Crippen molar-refractivity contribution in [3.05, 3.63) is 69.3 Å². The van der Waals surface area contributed by atoms with E-state index >= 15 is 0 Å². The van der Waals surface area contributed by atoms with Gasteiger partial charge in [0.1, 0.15) is 0 Å². The van der Waals surface area contributed by atoms with E-state index in [1.165, 1.54) is 10.7 Å². The van der Waals surface area contributed by atoms with E-state index in [4.69, 9.17) is 0 Å². The zero-order valence-electron chi connectivity index (χ0n) is 15.4. The highest BCUT2D eigenvalue weighted by molar-refractivity contribution is 5.94. The summed E-state index contributed by atoms with van der Waals surface area (Å²) in [6.45, 7) is 3.35. The van der Waals surface area contributed by atoms with Crippen LogP contribution in [0.5, 0.6) is 0 Å². The molecular formula is C20H21N5O2. The second-order valence-electron chi connectivity index (χ2n) is 6.72. The number of hydrogen-bond acceptors (Lipinski definition) is 4. The van der Waals surface area contributed by atoms with Crippen LogP contribution in [-0.4, -0.2) is 37.3 Å². The third kappa shape index (κ3) is 3.16. The van der Waals surface area contributed by atoms with Crippen molar-refractivity contribution in [2.45, 2.75) is 26.3 Å². The highest BCUT2D eigenvalue weighted by Gasteiger charge is 2.25. The normalized spacial score (nSPS) is 13.5. The molecule has 0 aliphatic carbocycles. The van der Waals surface area contributed by atoms with E-state index in [1.54, 1.807) is 13.1 Å². The van der Waals surface area contributed by atoms with Crippen LogP contribution < -0.4 is 5.56 Å². The fourth-order valence-electron chi connectivity index (χ4n) is 3.44. The van der Waals surface area contributed by atoms with E-state index < -0.39 is 0 Å². The number of nitrogens with zero attached hydrogens (tertiary/aromatic N) is 4. The maximum absolute atomic E-state index is 12.9. The lowest BCUT2D eigenvalue weighted by Gasteiger charge is -2.27. The number of carbonyl (C=O) groups is 1. The number of carbonyl (C=O) groups excluding carboxylic acids is 1. The number of aromatic amines is 1. The molecule has 1 aliphatic heterocycles. The first-order valence-electron chi connectivity index (χ1n) is 9.06. The zero-order valence-corrected chi connectivity index (χ0v) is 15.4. The van der Waals surface area contributed by atoms with Crippen LogP contribution in [0.4, 0.5) is 0 Å². The fraction of sp³-hybridized carbons (Fsp3) is 0.300. The van der Waals surface area contributed by atoms with Gasteiger partial charge in [0.15, 0.2) is 0 Å². The summed E-state index contributed by atoms with van der Waals surface area (Å²) in [5, 5.41) is 11.7. The van der Waals surface area contributed by atoms with E-state index in [0.717, 1.165) is 35.4 Å². The number of fused-ring (bicyclic) bond motifs is 1. The smallest absolute Gasteiger partial charge is 0.266 e. The Morgan fingerprint density at radius 3 is 2.67 bits per heavy atom. The minimum absolute atomic E-state index is 0.0175. The standard InChI is InChI=1S/C20H21N5O2/c1-3-16-15-12-25(11-10-18(15)22-21-16)20(27)14-6-4-13(5-7-14)17-8-9-19(26)24(2)23-17/h4-9H,3,10-12H2,1-2H3,(H,21,22). The van der Waals surface area contributed by atoms with Crippen LogP contribution in [0, 0.1) is 0 Å². The Kier molecular flexibility index (Phi) is 4.35. The molecule has 7 heteroatoms. The first-order valence-corrected chi connectivity index (χ1v) is 9.06. The van der Waals surface area contributed by atoms with E-state index in [9.17, 15) is 9.59 Å². The maximum atomic E-state index is 12.9. The lowest BCUT2D eigenvalue weighted by Crippen LogP contribution is -2.36. The van der Waals surface area contributed by atoms with Gasteiger partial charge in [0.25, 0.3) is 11.5 Å². The molecule has 0 fully saturated rings. The Labute approximate surface area is 156 Å². The molecule has 0 radical (unpaired) electrons. The Bertz CT molecular complexity index is 1040. The predicted octanol–water partition coefficient (Wildman–Crippen LogP) is 1.93. The summed E-state index contributed by atoms with van der Waals surface area (Å²) in [6, 6.07) is 10.5. The number of nitrogens with one attached hydrogen (secondary N) is 1. The summed E-state index contributed by atoms with van der Waals surface area (Å²) in [7, 11) is 1.62. The molecule has 7 nitrogen and oxygen atoms in total. The van der Waals surface area contributed by atoms with Crippen LogP contribution >= 0.6 is 0 Å². The number of aromatic nitrogens is 4. The largest absolute Gasteiger partial charge is 0.334 e. The molecule has 3 aromatic rings. The molecule has 1 aromatic carbocycles. The van der Waals surface area contributed by atoms with Gasteiger partial charge in [0, 0.05) is 55.0 Å². The van der Waals surface area contributed by atoms with Crippen molar-refractivity contribution in [2.75, 3.05) is 6.54 Å². The second-order valence-corrected chi connectivity index (χ2v) is 6.72. The number of aryl methyl sites for hydroxylation is 2. The molecule has 1 amide bonds. The van der Waals surface area contributed by atoms with Gasteiger partial charge in [0.2, 0.25) is 0 Å². The van der Waals surface area contributed by atoms with E-state index in [-0.39, 0.29) is 11.5 Å². The minimum Gasteiger partial charge on any atom is -0.334 e. The predicted molar refractivity (Wildman–Crippen MR) is 101 cm³/mol. The third-order valence-corrected chi connectivity index (χ3v) is 5.03. The van der Waals surface area contributed by atoms with Crippen molar-refractivity contribution in [3.8, 4) is 11.3 Å². The number of H-pyrrole nitrogens is 1. The Hall–Kier alpha value is -3.22. The molecule has 0 saturated heterocycles. The number of hydrogen-bond donors (Lipinski definition) is 1. The first kappa shape index (κ1) is 17.2. The second kappa shape index (κ2) is 6.83. The van der Waals surface area contributed by atoms with Gasteiger partial charge >= 0.3 is 0 Å². The molecule has 2 aromatic heterocycles. The van der Waals surface area contributed by atoms with Crippen LogP contribution in [0.3, 0.4) is 0 Å². The molecule has 4 rings (SSSR count). The highest BCUT2D eigenvalue weighted by atomic mass is 16.2. The van der Waals surface area contributed by atoms with Crippen molar-refractivity contribution in [3.63, 3.8) is 0 Å². The number of rotatable bonds is 3. The van der Waals surface area contributed by atoms with E-state index in [0.29, 0.717) is 24.3 Å². The number of benzene rings is 1. The van der Waals surface area contributed by atoms with Crippen molar-refractivity contribution >= 4 is 5.91 Å². The highest BCUT2D eigenvalue weighted by Crippen LogP contribution is 2.23. The van der Waals surface area contributed by atoms with Crippen LogP contribution in [0.15, 0.2) is 41.2 Å². The molecule has 1 aliphatic rings. The van der Waals surface area contributed by atoms with Gasteiger partial charge in [-0.05, 0) is 24.6 Å². The molecule has 0 bridgehead atoms. The topological polar surface area (TPSA) is 83.9 Å². The molecule has 0 unspecified atom stereocenters. The van der Waals surface area contributed by atoms with Gasteiger partial charge < -0.3 is 4.90 Å². The Morgan fingerprint density at radius 2 is 1.96 bits per heavy atom. The Morgan fingerprint density at radius 1 is 1.19 bits per heavy atom. The molecule has 138 valence electrons. The molecule has 0 spiro atoms. The van der Waals surface area contributed by atoms with Crippen molar-refractivity contribution in [2.24, 2.45) is 7.05 Å². The maximum Gasteiger partial charge on any atom is 0.266 e. The van der Waals surface area contributed by atoms with Gasteiger partial charge in [-0.15, -0.1) is 0 Å². The summed E-state index contributed by atoms with van der Waals surface area (Å²) < 4.78 is 1.30. The van der Waals surface area contributed by atoms with E-state index in [1.807, 2.05) is 29.2 Å². The molecule has 1 N–H and O–H groups in total. The van der Waals surface area contributed by atoms with Crippen LogP contribution in [0.1, 0.15) is 34.2 Å². The molecule has 0 saturated carbocycles. The van der Waals surface area contributed by atoms with Crippen LogP contribution in [0.2, 0.25) is 0 Å². The summed E-state index contributed by atoms with van der Waals surface area (Å²) in [6.07, 6.45) is 1.66. The minimum atomic E-state index is -0.152. The van der Waals surface area contributed by atoms with Crippen molar-refractivity contribution < 1.29 is 4.79 Å². The van der Waals surface area contributed by atoms with Crippen LogP contribution in [0.25, 0.3) is 11.3 Å². The summed E-state index contributed by atoms with van der Waals surface area (Å²) in [5.41, 5.74) is 5.40. The van der Waals surface area contributed by atoms with Gasteiger partial charge in [-0.1, -0.05) is 19.1 Å². The van der Waals surface area contributed by atoms with Crippen molar-refractivity contribution in [1.29, 1.82) is 0 Å².